The first-order valence-corrected chi connectivity index (χ1v) is 29.2. The maximum Gasteiger partial charge on any atom is 0.472 e. The number of allylic oxidation sites excluding steroid dienone is 22. The van der Waals surface area contributed by atoms with Crippen LogP contribution in [0.2, 0.25) is 0 Å². The number of ether oxygens (including phenoxy) is 2. The van der Waals surface area contributed by atoms with Crippen molar-refractivity contribution in [2.75, 3.05) is 26.4 Å². The number of unbranched alkanes of at least 4 members (excludes halogenated alkanes) is 15. The van der Waals surface area contributed by atoms with Crippen molar-refractivity contribution in [2.24, 2.45) is 5.73 Å². The molecule has 0 rings (SSSR count). The molecule has 0 aromatic carbocycles. The van der Waals surface area contributed by atoms with E-state index in [-0.39, 0.29) is 32.6 Å². The lowest BCUT2D eigenvalue weighted by Gasteiger charge is -2.19. The van der Waals surface area contributed by atoms with E-state index in [1.54, 1.807) is 0 Å². The van der Waals surface area contributed by atoms with Crippen LogP contribution in [0.25, 0.3) is 0 Å². The Morgan fingerprint density at radius 3 is 1.10 bits per heavy atom. The summed E-state index contributed by atoms with van der Waals surface area (Å²) in [5.74, 6) is -0.874. The summed E-state index contributed by atoms with van der Waals surface area (Å²) in [6, 6.07) is 0. The van der Waals surface area contributed by atoms with Gasteiger partial charge in [0.2, 0.25) is 0 Å². The third-order valence-corrected chi connectivity index (χ3v) is 12.0. The Morgan fingerprint density at radius 2 is 0.732 bits per heavy atom. The average molecular weight is 1010 g/mol. The summed E-state index contributed by atoms with van der Waals surface area (Å²) in [5, 5.41) is 0. The lowest BCUT2D eigenvalue weighted by Crippen LogP contribution is -2.29. The van der Waals surface area contributed by atoms with Crippen LogP contribution in [0.4, 0.5) is 0 Å². The standard InChI is InChI=1S/C61H100NO8P/c1-3-5-7-9-11-13-15-17-18-19-20-21-22-23-24-25-26-27-28-29-30-31-32-33-34-35-36-37-38-39-40-42-44-46-48-50-52-54-61(64)70-59(58-69-71(65,66)68-56-55-62)57-67-60(63)53-51-49-47-45-43-41-16-14-12-10-8-6-4-2/h5-8,11-14,17-18,20-21,23-24,26-27,29-30,32-33,41,43,59H,3-4,9-10,15-16,19,22,25,28,31,34-40,42,44-58,62H2,1-2H3,(H,65,66)/b7-5-,8-6-,13-11-,14-12-,18-17-,21-20-,24-23-,27-26-,30-29-,33-32-,43-41-. The molecule has 0 aromatic rings. The number of phosphoric ester groups is 1. The Labute approximate surface area is 434 Å². The van der Waals surface area contributed by atoms with Gasteiger partial charge in [0.1, 0.15) is 6.61 Å². The molecule has 0 aromatic heterocycles. The molecule has 402 valence electrons. The van der Waals surface area contributed by atoms with E-state index in [1.165, 1.54) is 51.4 Å². The normalized spacial score (nSPS) is 14.1. The molecule has 0 bridgehead atoms. The van der Waals surface area contributed by atoms with Crippen LogP contribution in [0, 0.1) is 0 Å². The first kappa shape index (κ1) is 67.1. The van der Waals surface area contributed by atoms with E-state index in [1.807, 2.05) is 0 Å². The Hall–Kier alpha value is -3.85. The summed E-state index contributed by atoms with van der Waals surface area (Å²) in [6.07, 6.45) is 78.0. The van der Waals surface area contributed by atoms with Gasteiger partial charge in [-0.15, -0.1) is 0 Å². The number of carbonyl (C=O) groups excluding carboxylic acids is 2. The Bertz CT molecular complexity index is 1620. The summed E-state index contributed by atoms with van der Waals surface area (Å²) in [4.78, 5) is 35.0. The highest BCUT2D eigenvalue weighted by molar-refractivity contribution is 7.47. The van der Waals surface area contributed by atoms with Gasteiger partial charge in [-0.25, -0.2) is 4.57 Å². The second-order valence-electron chi connectivity index (χ2n) is 17.7. The number of phosphoric acid groups is 1. The molecule has 0 aliphatic heterocycles. The van der Waals surface area contributed by atoms with Crippen LogP contribution >= 0.6 is 7.82 Å². The van der Waals surface area contributed by atoms with Crippen molar-refractivity contribution >= 4 is 19.8 Å². The van der Waals surface area contributed by atoms with Gasteiger partial charge in [-0.05, 0) is 109 Å². The van der Waals surface area contributed by atoms with E-state index in [0.717, 1.165) is 116 Å². The monoisotopic (exact) mass is 1010 g/mol. The molecule has 0 aliphatic rings. The van der Waals surface area contributed by atoms with Gasteiger partial charge in [-0.2, -0.15) is 0 Å². The molecule has 0 amide bonds. The smallest absolute Gasteiger partial charge is 0.462 e. The van der Waals surface area contributed by atoms with Crippen molar-refractivity contribution < 1.29 is 37.6 Å². The molecule has 3 N–H and O–H groups in total. The molecule has 10 heteroatoms. The fourth-order valence-corrected chi connectivity index (χ4v) is 7.78. The van der Waals surface area contributed by atoms with Crippen LogP contribution < -0.4 is 5.73 Å². The first-order valence-electron chi connectivity index (χ1n) is 27.7. The largest absolute Gasteiger partial charge is 0.472 e. The summed E-state index contributed by atoms with van der Waals surface area (Å²) >= 11 is 0. The van der Waals surface area contributed by atoms with E-state index in [2.05, 4.69) is 148 Å². The molecule has 0 saturated carbocycles. The highest BCUT2D eigenvalue weighted by Gasteiger charge is 2.26. The van der Waals surface area contributed by atoms with Gasteiger partial charge in [0.05, 0.1) is 13.2 Å². The third kappa shape index (κ3) is 55.3. The number of esters is 2. The van der Waals surface area contributed by atoms with Gasteiger partial charge in [-0.1, -0.05) is 218 Å². The van der Waals surface area contributed by atoms with Gasteiger partial charge < -0.3 is 20.1 Å². The van der Waals surface area contributed by atoms with Crippen LogP contribution in [0.15, 0.2) is 134 Å². The zero-order valence-electron chi connectivity index (χ0n) is 44.7. The van der Waals surface area contributed by atoms with E-state index < -0.39 is 32.5 Å². The Balaban J connectivity index is 3.96. The second-order valence-corrected chi connectivity index (χ2v) is 19.1. The highest BCUT2D eigenvalue weighted by atomic mass is 31.2. The quantitative estimate of drug-likeness (QED) is 0.0264. The predicted molar refractivity (Wildman–Crippen MR) is 302 cm³/mol. The second kappa shape index (κ2) is 55.5. The number of nitrogens with two attached hydrogens (primary N) is 1. The maximum absolute atomic E-state index is 12.7. The maximum atomic E-state index is 12.7. The van der Waals surface area contributed by atoms with Gasteiger partial charge in [0.25, 0.3) is 0 Å². The zero-order valence-corrected chi connectivity index (χ0v) is 45.5. The van der Waals surface area contributed by atoms with Gasteiger partial charge in [0, 0.05) is 19.4 Å². The van der Waals surface area contributed by atoms with E-state index in [0.29, 0.717) is 12.8 Å². The minimum atomic E-state index is -4.40. The number of hydrogen-bond donors (Lipinski definition) is 2. The minimum absolute atomic E-state index is 0.0428. The molecule has 2 atom stereocenters. The molecule has 0 aliphatic carbocycles. The van der Waals surface area contributed by atoms with E-state index in [4.69, 9.17) is 24.3 Å². The van der Waals surface area contributed by atoms with Crippen molar-refractivity contribution in [1.82, 2.24) is 0 Å². The summed E-state index contributed by atoms with van der Waals surface area (Å²) in [7, 11) is -4.40. The lowest BCUT2D eigenvalue weighted by molar-refractivity contribution is -0.161. The minimum Gasteiger partial charge on any atom is -0.462 e. The van der Waals surface area contributed by atoms with E-state index in [9.17, 15) is 19.0 Å². The molecule has 0 spiro atoms. The van der Waals surface area contributed by atoms with Crippen LogP contribution in [-0.2, 0) is 32.7 Å². The summed E-state index contributed by atoms with van der Waals surface area (Å²) in [6.45, 7) is 3.45. The van der Waals surface area contributed by atoms with Gasteiger partial charge >= 0.3 is 19.8 Å². The molecule has 0 radical (unpaired) electrons. The van der Waals surface area contributed by atoms with Crippen LogP contribution in [-0.4, -0.2) is 49.3 Å². The van der Waals surface area contributed by atoms with Crippen molar-refractivity contribution in [3.63, 3.8) is 0 Å². The lowest BCUT2D eigenvalue weighted by atomic mass is 10.0. The van der Waals surface area contributed by atoms with Crippen LogP contribution in [0.1, 0.15) is 206 Å². The van der Waals surface area contributed by atoms with Crippen molar-refractivity contribution in [1.29, 1.82) is 0 Å². The topological polar surface area (TPSA) is 134 Å². The SMILES string of the molecule is CC/C=C\C/C=C\C/C=C\C/C=C\C/C=C\C/C=C\C/C=C\C/C=C\CCCCCCCCCCCCCCC(=O)OC(COC(=O)CCCCC/C=C\C/C=C\C/C=C\CC)COP(=O)(O)OCCN. The molecule has 9 nitrogen and oxygen atoms in total. The average Bonchev–Trinajstić information content (AvgIpc) is 3.36. The fourth-order valence-electron chi connectivity index (χ4n) is 7.02. The Morgan fingerprint density at radius 1 is 0.423 bits per heavy atom. The van der Waals surface area contributed by atoms with Gasteiger partial charge in [-0.3, -0.25) is 18.6 Å². The van der Waals surface area contributed by atoms with Crippen LogP contribution in [0.5, 0.6) is 0 Å². The number of carbonyl (C=O) groups is 2. The number of hydrogen-bond acceptors (Lipinski definition) is 8. The first-order chi connectivity index (χ1) is 34.8. The molecular formula is C61H100NO8P. The predicted octanol–water partition coefficient (Wildman–Crippen LogP) is 17.4. The van der Waals surface area contributed by atoms with Crippen molar-refractivity contribution in [3.8, 4) is 0 Å². The number of rotatable bonds is 50. The fraction of sp³-hybridized carbons (Fsp3) is 0.607. The van der Waals surface area contributed by atoms with Crippen molar-refractivity contribution in [3.05, 3.63) is 134 Å². The van der Waals surface area contributed by atoms with E-state index >= 15 is 0 Å². The van der Waals surface area contributed by atoms with Gasteiger partial charge in [0.15, 0.2) is 6.10 Å². The summed E-state index contributed by atoms with van der Waals surface area (Å²) < 4.78 is 32.9. The zero-order chi connectivity index (χ0) is 51.7. The molecule has 0 fully saturated rings. The van der Waals surface area contributed by atoms with Crippen LogP contribution in [0.3, 0.4) is 0 Å². The highest BCUT2D eigenvalue weighted by Crippen LogP contribution is 2.43. The molecule has 0 heterocycles. The summed E-state index contributed by atoms with van der Waals surface area (Å²) in [5.41, 5.74) is 5.36. The molecular weight excluding hydrogens is 906 g/mol. The molecule has 71 heavy (non-hydrogen) atoms. The third-order valence-electron chi connectivity index (χ3n) is 11.0. The molecule has 2 unspecified atom stereocenters. The Kier molecular flexibility index (Phi) is 52.5. The van der Waals surface area contributed by atoms with Crippen molar-refractivity contribution in [2.45, 2.75) is 213 Å². The molecule has 0 saturated heterocycles.